The predicted molar refractivity (Wildman–Crippen MR) is 39.4 cm³/mol. The molecule has 2 rings (SSSR count). The normalized spacial score (nSPS) is 27.5. The van der Waals surface area contributed by atoms with Gasteiger partial charge in [-0.3, -0.25) is 9.69 Å². The van der Waals surface area contributed by atoms with Gasteiger partial charge in [-0.15, -0.1) is 5.10 Å². The SMILES string of the molecule is NC1C(=O)N(c2nn[nH]n2)C1CF. The number of hydrogen-bond acceptors (Lipinski definition) is 5. The number of carbonyl (C=O) groups excluding carboxylic acids is 1. The molecule has 7 nitrogen and oxygen atoms in total. The molecule has 0 aliphatic carbocycles. The van der Waals surface area contributed by atoms with Crippen molar-refractivity contribution in [1.29, 1.82) is 0 Å². The van der Waals surface area contributed by atoms with Gasteiger partial charge in [0, 0.05) is 0 Å². The number of β-lactam (4-membered cyclic amide) rings is 1. The van der Waals surface area contributed by atoms with E-state index in [0.29, 0.717) is 0 Å². The lowest BCUT2D eigenvalue weighted by atomic mass is 9.98. The summed E-state index contributed by atoms with van der Waals surface area (Å²) in [5.41, 5.74) is 5.36. The van der Waals surface area contributed by atoms with Crippen LogP contribution >= 0.6 is 0 Å². The molecule has 2 atom stereocenters. The number of aromatic amines is 1. The summed E-state index contributed by atoms with van der Waals surface area (Å²) in [5.74, 6) is -0.321. The molecule has 13 heavy (non-hydrogen) atoms. The lowest BCUT2D eigenvalue weighted by molar-refractivity contribution is -0.126. The molecule has 3 N–H and O–H groups in total. The van der Waals surface area contributed by atoms with Crippen molar-refractivity contribution in [2.75, 3.05) is 11.6 Å². The van der Waals surface area contributed by atoms with Crippen molar-refractivity contribution in [3.63, 3.8) is 0 Å². The highest BCUT2D eigenvalue weighted by Crippen LogP contribution is 2.22. The largest absolute Gasteiger partial charge is 0.318 e. The highest BCUT2D eigenvalue weighted by molar-refractivity contribution is 6.04. The van der Waals surface area contributed by atoms with Gasteiger partial charge in [0.15, 0.2) is 0 Å². The number of hydrogen-bond donors (Lipinski definition) is 2. The lowest BCUT2D eigenvalue weighted by Crippen LogP contribution is -2.70. The summed E-state index contributed by atoms with van der Waals surface area (Å²) in [6.07, 6.45) is 0. The summed E-state index contributed by atoms with van der Waals surface area (Å²) < 4.78 is 12.3. The van der Waals surface area contributed by atoms with Crippen LogP contribution in [0.2, 0.25) is 0 Å². The van der Waals surface area contributed by atoms with E-state index in [1.165, 1.54) is 0 Å². The molecule has 8 heteroatoms. The standard InChI is InChI=1S/C5H7FN6O/c6-1-2-3(7)4(13)12(2)5-8-10-11-9-5/h2-3H,1,7H2,(H,8,9,10,11). The molecule has 0 spiro atoms. The molecule has 0 radical (unpaired) electrons. The molecule has 1 aromatic heterocycles. The fraction of sp³-hybridized carbons (Fsp3) is 0.600. The number of carbonyl (C=O) groups is 1. The number of halogens is 1. The molecule has 1 amide bonds. The smallest absolute Gasteiger partial charge is 0.272 e. The zero-order valence-electron chi connectivity index (χ0n) is 6.51. The Balaban J connectivity index is 2.21. The van der Waals surface area contributed by atoms with Gasteiger partial charge in [0.05, 0.1) is 6.04 Å². The first kappa shape index (κ1) is 8.05. The Kier molecular flexibility index (Phi) is 1.69. The Morgan fingerprint density at radius 2 is 2.46 bits per heavy atom. The molecular formula is C5H7FN6O. The van der Waals surface area contributed by atoms with Gasteiger partial charge >= 0.3 is 0 Å². The monoisotopic (exact) mass is 186 g/mol. The fourth-order valence-electron chi connectivity index (χ4n) is 1.24. The molecular weight excluding hydrogens is 179 g/mol. The van der Waals surface area contributed by atoms with Gasteiger partial charge in [-0.05, 0) is 5.21 Å². The van der Waals surface area contributed by atoms with E-state index in [0.717, 1.165) is 4.90 Å². The second-order valence-corrected chi connectivity index (χ2v) is 2.67. The summed E-state index contributed by atoms with van der Waals surface area (Å²) in [6.45, 7) is -0.707. The van der Waals surface area contributed by atoms with Crippen LogP contribution in [0.25, 0.3) is 0 Å². The molecule has 0 bridgehead atoms. The Hall–Kier alpha value is -1.57. The number of rotatable bonds is 2. The predicted octanol–water partition coefficient (Wildman–Crippen LogP) is -1.79. The van der Waals surface area contributed by atoms with E-state index in [1.54, 1.807) is 0 Å². The van der Waals surface area contributed by atoms with E-state index in [-0.39, 0.29) is 11.9 Å². The molecule has 1 fully saturated rings. The van der Waals surface area contributed by atoms with Crippen LogP contribution < -0.4 is 10.6 Å². The number of H-pyrrole nitrogens is 1. The molecule has 70 valence electrons. The number of nitrogens with two attached hydrogens (primary N) is 1. The van der Waals surface area contributed by atoms with Crippen LogP contribution in [0.1, 0.15) is 0 Å². The first-order chi connectivity index (χ1) is 6.25. The van der Waals surface area contributed by atoms with Crippen molar-refractivity contribution in [2.45, 2.75) is 12.1 Å². The topological polar surface area (TPSA) is 101 Å². The molecule has 1 aliphatic rings. The van der Waals surface area contributed by atoms with E-state index in [2.05, 4.69) is 20.6 Å². The van der Waals surface area contributed by atoms with E-state index < -0.39 is 18.8 Å². The number of nitrogens with zero attached hydrogens (tertiary/aromatic N) is 4. The zero-order chi connectivity index (χ0) is 9.42. The minimum Gasteiger partial charge on any atom is -0.318 e. The number of tetrazole rings is 1. The third-order valence-electron chi connectivity index (χ3n) is 1.98. The van der Waals surface area contributed by atoms with Crippen molar-refractivity contribution in [3.05, 3.63) is 0 Å². The average Bonchev–Trinajstić information content (AvgIpc) is 2.64. The maximum Gasteiger partial charge on any atom is 0.272 e. The quantitative estimate of drug-likeness (QED) is 0.531. The summed E-state index contributed by atoms with van der Waals surface area (Å²) in [7, 11) is 0. The van der Waals surface area contributed by atoms with Crippen LogP contribution in [0.3, 0.4) is 0 Å². The minimum absolute atomic E-state index is 0.0642. The van der Waals surface area contributed by atoms with Crippen LogP contribution in [0.4, 0.5) is 10.3 Å². The Labute approximate surface area is 72.1 Å². The average molecular weight is 186 g/mol. The number of nitrogens with one attached hydrogen (secondary N) is 1. The van der Waals surface area contributed by atoms with E-state index in [4.69, 9.17) is 5.73 Å². The zero-order valence-corrected chi connectivity index (χ0v) is 6.51. The van der Waals surface area contributed by atoms with E-state index >= 15 is 0 Å². The van der Waals surface area contributed by atoms with Crippen LogP contribution in [0.5, 0.6) is 0 Å². The maximum absolute atomic E-state index is 12.3. The van der Waals surface area contributed by atoms with Gasteiger partial charge in [-0.1, -0.05) is 5.10 Å². The summed E-state index contributed by atoms with van der Waals surface area (Å²) in [5, 5.41) is 12.5. The van der Waals surface area contributed by atoms with Crippen LogP contribution in [0, 0.1) is 0 Å². The Morgan fingerprint density at radius 3 is 3.00 bits per heavy atom. The van der Waals surface area contributed by atoms with Gasteiger partial charge in [0.2, 0.25) is 5.91 Å². The second kappa shape index (κ2) is 2.73. The Bertz CT molecular complexity index is 313. The number of anilines is 1. The molecule has 1 aromatic rings. The minimum atomic E-state index is -0.788. The van der Waals surface area contributed by atoms with Crippen molar-refractivity contribution >= 4 is 11.9 Å². The number of aromatic nitrogens is 4. The van der Waals surface area contributed by atoms with E-state index in [1.807, 2.05) is 0 Å². The van der Waals surface area contributed by atoms with Crippen LogP contribution in [-0.4, -0.2) is 45.3 Å². The molecule has 2 heterocycles. The van der Waals surface area contributed by atoms with Crippen molar-refractivity contribution in [1.82, 2.24) is 20.6 Å². The Morgan fingerprint density at radius 1 is 1.69 bits per heavy atom. The van der Waals surface area contributed by atoms with Gasteiger partial charge in [-0.25, -0.2) is 4.39 Å². The molecule has 0 aromatic carbocycles. The summed E-state index contributed by atoms with van der Waals surface area (Å²) >= 11 is 0. The van der Waals surface area contributed by atoms with Crippen molar-refractivity contribution in [3.8, 4) is 0 Å². The van der Waals surface area contributed by atoms with Gasteiger partial charge < -0.3 is 5.73 Å². The lowest BCUT2D eigenvalue weighted by Gasteiger charge is -2.40. The maximum atomic E-state index is 12.3. The van der Waals surface area contributed by atoms with Gasteiger partial charge in [0.1, 0.15) is 12.7 Å². The molecule has 2 unspecified atom stereocenters. The van der Waals surface area contributed by atoms with E-state index in [9.17, 15) is 9.18 Å². The molecule has 1 aliphatic heterocycles. The second-order valence-electron chi connectivity index (χ2n) is 2.67. The fourth-order valence-corrected chi connectivity index (χ4v) is 1.24. The van der Waals surface area contributed by atoms with Crippen molar-refractivity contribution in [2.24, 2.45) is 5.73 Å². The van der Waals surface area contributed by atoms with Crippen LogP contribution in [0.15, 0.2) is 0 Å². The summed E-state index contributed by atoms with van der Waals surface area (Å²) in [6, 6.07) is -1.45. The van der Waals surface area contributed by atoms with Gasteiger partial charge in [0.25, 0.3) is 5.95 Å². The van der Waals surface area contributed by atoms with Crippen molar-refractivity contribution < 1.29 is 9.18 Å². The first-order valence-electron chi connectivity index (χ1n) is 3.63. The third kappa shape index (κ3) is 0.985. The number of alkyl halides is 1. The van der Waals surface area contributed by atoms with Gasteiger partial charge in [-0.2, -0.15) is 5.21 Å². The first-order valence-corrected chi connectivity index (χ1v) is 3.63. The highest BCUT2D eigenvalue weighted by Gasteiger charge is 2.47. The molecule has 0 saturated carbocycles. The molecule has 1 saturated heterocycles. The highest BCUT2D eigenvalue weighted by atomic mass is 19.1. The summed E-state index contributed by atoms with van der Waals surface area (Å²) in [4.78, 5) is 12.2. The number of amides is 1. The van der Waals surface area contributed by atoms with Crippen LogP contribution in [-0.2, 0) is 4.79 Å². The third-order valence-corrected chi connectivity index (χ3v) is 1.98.